The molecule has 0 bridgehead atoms. The van der Waals surface area contributed by atoms with E-state index < -0.39 is 23.7 Å². The molecule has 1 aromatic carbocycles. The second-order valence-electron chi connectivity index (χ2n) is 3.00. The van der Waals surface area contributed by atoms with Crippen LogP contribution < -0.4 is 0 Å². The number of methoxy groups -OCH3 is 1. The summed E-state index contributed by atoms with van der Waals surface area (Å²) < 4.78 is 29.8. The number of esters is 1. The second-order valence-corrected chi connectivity index (χ2v) is 3.00. The lowest BCUT2D eigenvalue weighted by Gasteiger charge is -2.09. The van der Waals surface area contributed by atoms with Crippen LogP contribution in [-0.4, -0.2) is 18.2 Å². The van der Waals surface area contributed by atoms with Gasteiger partial charge in [0.05, 0.1) is 19.6 Å². The van der Waals surface area contributed by atoms with Crippen LogP contribution in [-0.2, 0) is 9.53 Å². The van der Waals surface area contributed by atoms with Gasteiger partial charge in [-0.2, -0.15) is 0 Å². The van der Waals surface area contributed by atoms with E-state index in [9.17, 15) is 18.7 Å². The minimum absolute atomic E-state index is 0.0119. The van der Waals surface area contributed by atoms with E-state index in [1.165, 1.54) is 7.11 Å². The average Bonchev–Trinajstić information content (AvgIpc) is 2.16. The number of aliphatic hydroxyl groups is 1. The lowest BCUT2D eigenvalue weighted by Crippen LogP contribution is -2.08. The van der Waals surface area contributed by atoms with Crippen LogP contribution in [0.5, 0.6) is 0 Å². The van der Waals surface area contributed by atoms with Crippen molar-refractivity contribution in [1.82, 2.24) is 0 Å². The van der Waals surface area contributed by atoms with E-state index in [1.807, 2.05) is 0 Å². The van der Waals surface area contributed by atoms with E-state index in [4.69, 9.17) is 0 Å². The van der Waals surface area contributed by atoms with Gasteiger partial charge in [-0.3, -0.25) is 4.79 Å². The van der Waals surface area contributed by atoms with Gasteiger partial charge in [-0.1, -0.05) is 0 Å². The summed E-state index contributed by atoms with van der Waals surface area (Å²) >= 11 is 0. The highest BCUT2D eigenvalue weighted by atomic mass is 19.1. The molecule has 15 heavy (non-hydrogen) atoms. The van der Waals surface area contributed by atoms with Crippen LogP contribution in [0, 0.1) is 11.6 Å². The molecule has 1 aromatic rings. The number of carbonyl (C=O) groups is 1. The van der Waals surface area contributed by atoms with Crippen LogP contribution in [0.4, 0.5) is 8.78 Å². The summed E-state index contributed by atoms with van der Waals surface area (Å²) in [5, 5.41) is 9.44. The molecule has 5 heteroatoms. The topological polar surface area (TPSA) is 46.5 Å². The minimum Gasteiger partial charge on any atom is -0.469 e. The molecule has 0 aliphatic rings. The Morgan fingerprint density at radius 3 is 2.40 bits per heavy atom. The number of hydrogen-bond donors (Lipinski definition) is 1. The van der Waals surface area contributed by atoms with Crippen LogP contribution >= 0.6 is 0 Å². The van der Waals surface area contributed by atoms with Gasteiger partial charge in [0.1, 0.15) is 11.6 Å². The molecule has 1 rings (SSSR count). The largest absolute Gasteiger partial charge is 0.469 e. The number of ether oxygens (including phenoxy) is 1. The molecule has 0 heterocycles. The Labute approximate surface area is 85.3 Å². The number of hydrogen-bond acceptors (Lipinski definition) is 3. The SMILES string of the molecule is COC(=O)C[C@H](O)c1cc(F)cc(F)c1. The minimum atomic E-state index is -1.26. The number of benzene rings is 1. The third kappa shape index (κ3) is 3.28. The van der Waals surface area contributed by atoms with Crippen molar-refractivity contribution in [3.8, 4) is 0 Å². The summed E-state index contributed by atoms with van der Waals surface area (Å²) in [6, 6.07) is 2.63. The van der Waals surface area contributed by atoms with E-state index in [-0.39, 0.29) is 12.0 Å². The summed E-state index contributed by atoms with van der Waals surface area (Å²) in [6.45, 7) is 0. The van der Waals surface area contributed by atoms with Crippen LogP contribution in [0.3, 0.4) is 0 Å². The smallest absolute Gasteiger partial charge is 0.308 e. The first-order valence-corrected chi connectivity index (χ1v) is 4.24. The van der Waals surface area contributed by atoms with Crippen molar-refractivity contribution >= 4 is 5.97 Å². The molecular weight excluding hydrogens is 206 g/mol. The highest BCUT2D eigenvalue weighted by Gasteiger charge is 2.14. The van der Waals surface area contributed by atoms with Crippen LogP contribution in [0.15, 0.2) is 18.2 Å². The van der Waals surface area contributed by atoms with E-state index in [1.54, 1.807) is 0 Å². The molecule has 0 fully saturated rings. The molecule has 0 saturated heterocycles. The summed E-state index contributed by atoms with van der Waals surface area (Å²) in [4.78, 5) is 10.8. The van der Waals surface area contributed by atoms with Crippen molar-refractivity contribution in [3.05, 3.63) is 35.4 Å². The molecule has 0 aliphatic heterocycles. The third-order valence-electron chi connectivity index (χ3n) is 1.86. The van der Waals surface area contributed by atoms with Gasteiger partial charge in [-0.15, -0.1) is 0 Å². The Morgan fingerprint density at radius 2 is 1.93 bits per heavy atom. The van der Waals surface area contributed by atoms with E-state index >= 15 is 0 Å². The predicted molar refractivity (Wildman–Crippen MR) is 48.0 cm³/mol. The molecule has 0 radical (unpaired) electrons. The van der Waals surface area contributed by atoms with Crippen molar-refractivity contribution in [2.24, 2.45) is 0 Å². The third-order valence-corrected chi connectivity index (χ3v) is 1.86. The fourth-order valence-electron chi connectivity index (χ4n) is 1.13. The van der Waals surface area contributed by atoms with Crippen molar-refractivity contribution in [2.75, 3.05) is 7.11 Å². The molecule has 0 saturated carbocycles. The molecule has 1 atom stereocenters. The molecule has 82 valence electrons. The van der Waals surface area contributed by atoms with E-state index in [2.05, 4.69) is 4.74 Å². The Balaban J connectivity index is 2.81. The number of carbonyl (C=O) groups excluding carboxylic acids is 1. The van der Waals surface area contributed by atoms with Gasteiger partial charge < -0.3 is 9.84 Å². The zero-order chi connectivity index (χ0) is 11.4. The summed E-state index contributed by atoms with van der Waals surface area (Å²) in [7, 11) is 1.17. The van der Waals surface area contributed by atoms with Crippen molar-refractivity contribution < 1.29 is 23.4 Å². The molecule has 0 aromatic heterocycles. The Bertz CT molecular complexity index is 345. The van der Waals surface area contributed by atoms with Crippen molar-refractivity contribution in [3.63, 3.8) is 0 Å². The second kappa shape index (κ2) is 4.84. The number of rotatable bonds is 3. The molecule has 3 nitrogen and oxygen atoms in total. The van der Waals surface area contributed by atoms with Crippen molar-refractivity contribution in [2.45, 2.75) is 12.5 Å². The average molecular weight is 216 g/mol. The predicted octanol–water partition coefficient (Wildman–Crippen LogP) is 1.56. The van der Waals surface area contributed by atoms with E-state index in [0.717, 1.165) is 12.1 Å². The van der Waals surface area contributed by atoms with Gasteiger partial charge in [-0.25, -0.2) is 8.78 Å². The number of halogens is 2. The summed E-state index contributed by atoms with van der Waals surface area (Å²) in [5.74, 6) is -2.24. The Morgan fingerprint density at radius 1 is 1.40 bits per heavy atom. The zero-order valence-electron chi connectivity index (χ0n) is 8.04. The van der Waals surface area contributed by atoms with Gasteiger partial charge in [0.2, 0.25) is 0 Å². The van der Waals surface area contributed by atoms with Crippen molar-refractivity contribution in [1.29, 1.82) is 0 Å². The molecule has 0 spiro atoms. The fourth-order valence-corrected chi connectivity index (χ4v) is 1.13. The van der Waals surface area contributed by atoms with Gasteiger partial charge in [0.25, 0.3) is 0 Å². The molecule has 0 unspecified atom stereocenters. The maximum absolute atomic E-state index is 12.7. The maximum atomic E-state index is 12.7. The number of aliphatic hydroxyl groups excluding tert-OH is 1. The standard InChI is InChI=1S/C10H10F2O3/c1-15-10(14)5-9(13)6-2-7(11)4-8(12)3-6/h2-4,9,13H,5H2,1H3/t9-/m0/s1. The first kappa shape index (κ1) is 11.6. The maximum Gasteiger partial charge on any atom is 0.308 e. The molecule has 0 aliphatic carbocycles. The monoisotopic (exact) mass is 216 g/mol. The highest BCUT2D eigenvalue weighted by molar-refractivity contribution is 5.70. The van der Waals surface area contributed by atoms with Gasteiger partial charge in [0, 0.05) is 6.07 Å². The van der Waals surface area contributed by atoms with Gasteiger partial charge in [0.15, 0.2) is 0 Å². The highest BCUT2D eigenvalue weighted by Crippen LogP contribution is 2.19. The Hall–Kier alpha value is -1.49. The van der Waals surface area contributed by atoms with Crippen LogP contribution in [0.1, 0.15) is 18.1 Å². The van der Waals surface area contributed by atoms with Gasteiger partial charge >= 0.3 is 5.97 Å². The summed E-state index contributed by atoms with van der Waals surface area (Å²) in [5.41, 5.74) is 0.0119. The van der Waals surface area contributed by atoms with E-state index in [0.29, 0.717) is 6.07 Å². The first-order chi connectivity index (χ1) is 7.02. The van der Waals surface area contributed by atoms with Crippen LogP contribution in [0.25, 0.3) is 0 Å². The van der Waals surface area contributed by atoms with Gasteiger partial charge in [-0.05, 0) is 17.7 Å². The quantitative estimate of drug-likeness (QED) is 0.780. The lowest BCUT2D eigenvalue weighted by atomic mass is 10.1. The molecule has 1 N–H and O–H groups in total. The lowest BCUT2D eigenvalue weighted by molar-refractivity contribution is -0.142. The fraction of sp³-hybridized carbons (Fsp3) is 0.300. The normalized spacial score (nSPS) is 12.3. The van der Waals surface area contributed by atoms with Crippen LogP contribution in [0.2, 0.25) is 0 Å². The first-order valence-electron chi connectivity index (χ1n) is 4.24. The summed E-state index contributed by atoms with van der Waals surface area (Å²) in [6.07, 6.45) is -1.60. The zero-order valence-corrected chi connectivity index (χ0v) is 8.04. The molecule has 0 amide bonds. The molecular formula is C10H10F2O3. The Kier molecular flexibility index (Phi) is 3.74.